The van der Waals surface area contributed by atoms with Gasteiger partial charge in [-0.15, -0.1) is 11.3 Å². The predicted octanol–water partition coefficient (Wildman–Crippen LogP) is 3.37. The van der Waals surface area contributed by atoms with E-state index in [1.807, 2.05) is 0 Å². The molecule has 0 aliphatic rings. The van der Waals surface area contributed by atoms with Crippen molar-refractivity contribution in [3.8, 4) is 0 Å². The summed E-state index contributed by atoms with van der Waals surface area (Å²) in [7, 11) is 1.25. The minimum atomic E-state index is -0.557. The number of halogens is 1. The minimum absolute atomic E-state index is 0.220. The van der Waals surface area contributed by atoms with Crippen molar-refractivity contribution >= 4 is 55.0 Å². The van der Waals surface area contributed by atoms with Crippen molar-refractivity contribution in [2.24, 2.45) is 4.99 Å². The molecule has 0 radical (unpaired) electrons. The van der Waals surface area contributed by atoms with Crippen molar-refractivity contribution in [2.45, 2.75) is 6.54 Å². The Labute approximate surface area is 160 Å². The van der Waals surface area contributed by atoms with Crippen molar-refractivity contribution < 1.29 is 18.7 Å². The molecular weight excluding hydrogens is 389 g/mol. The fourth-order valence-electron chi connectivity index (χ4n) is 2.65. The van der Waals surface area contributed by atoms with Gasteiger partial charge in [-0.3, -0.25) is 9.59 Å². The van der Waals surface area contributed by atoms with Crippen molar-refractivity contribution in [1.82, 2.24) is 9.55 Å². The van der Waals surface area contributed by atoms with Crippen LogP contribution in [0.1, 0.15) is 10.4 Å². The third-order valence-electron chi connectivity index (χ3n) is 3.94. The average molecular weight is 401 g/mol. The molecule has 0 bridgehead atoms. The minimum Gasteiger partial charge on any atom is -0.468 e. The summed E-state index contributed by atoms with van der Waals surface area (Å²) in [5.74, 6) is -1.53. The van der Waals surface area contributed by atoms with Crippen LogP contribution in [0.15, 0.2) is 46.9 Å². The molecule has 1 amide bonds. The Kier molecular flexibility index (Phi) is 4.54. The van der Waals surface area contributed by atoms with E-state index in [4.69, 9.17) is 0 Å². The first kappa shape index (κ1) is 17.5. The van der Waals surface area contributed by atoms with Gasteiger partial charge in [0.2, 0.25) is 0 Å². The summed E-state index contributed by atoms with van der Waals surface area (Å²) in [5, 5.41) is 0. The number of nitrogens with zero attached hydrogens (tertiary/aromatic N) is 3. The van der Waals surface area contributed by atoms with Gasteiger partial charge in [-0.1, -0.05) is 17.4 Å². The summed E-state index contributed by atoms with van der Waals surface area (Å²) < 4.78 is 21.8. The van der Waals surface area contributed by atoms with Crippen LogP contribution in [0.4, 0.5) is 4.39 Å². The number of aromatic nitrogens is 2. The van der Waals surface area contributed by atoms with Gasteiger partial charge in [-0.2, -0.15) is 4.99 Å². The number of rotatable bonds is 3. The molecule has 0 unspecified atom stereocenters. The number of fused-ring (bicyclic) bond motifs is 2. The van der Waals surface area contributed by atoms with Gasteiger partial charge in [-0.25, -0.2) is 9.37 Å². The summed E-state index contributed by atoms with van der Waals surface area (Å²) >= 11 is 2.56. The molecule has 0 spiro atoms. The molecule has 2 aromatic heterocycles. The molecule has 27 heavy (non-hydrogen) atoms. The van der Waals surface area contributed by atoms with Crippen LogP contribution in [0.5, 0.6) is 0 Å². The second kappa shape index (κ2) is 7.01. The highest BCUT2D eigenvalue weighted by Gasteiger charge is 2.15. The zero-order valence-electron chi connectivity index (χ0n) is 14.0. The summed E-state index contributed by atoms with van der Waals surface area (Å²) in [6.45, 7) is -0.239. The van der Waals surface area contributed by atoms with E-state index < -0.39 is 17.7 Å². The number of thiazole rings is 2. The van der Waals surface area contributed by atoms with Gasteiger partial charge >= 0.3 is 5.97 Å². The van der Waals surface area contributed by atoms with E-state index in [-0.39, 0.29) is 16.9 Å². The van der Waals surface area contributed by atoms with Gasteiger partial charge in [-0.05, 0) is 30.3 Å². The van der Waals surface area contributed by atoms with Crippen molar-refractivity contribution in [2.75, 3.05) is 7.11 Å². The molecule has 0 aliphatic carbocycles. The Morgan fingerprint density at radius 3 is 2.93 bits per heavy atom. The highest BCUT2D eigenvalue weighted by molar-refractivity contribution is 7.17. The number of hydrogen-bond acceptors (Lipinski definition) is 6. The predicted molar refractivity (Wildman–Crippen MR) is 101 cm³/mol. The van der Waals surface area contributed by atoms with Crippen LogP contribution in [0, 0.1) is 5.82 Å². The number of hydrogen-bond donors (Lipinski definition) is 0. The summed E-state index contributed by atoms with van der Waals surface area (Å²) in [6.07, 6.45) is 0. The van der Waals surface area contributed by atoms with Crippen LogP contribution in [-0.4, -0.2) is 28.5 Å². The Hall–Kier alpha value is -2.91. The Morgan fingerprint density at radius 1 is 1.26 bits per heavy atom. The van der Waals surface area contributed by atoms with Crippen LogP contribution in [-0.2, 0) is 16.1 Å². The summed E-state index contributed by atoms with van der Waals surface area (Å²) in [5.41, 5.74) is 3.13. The van der Waals surface area contributed by atoms with Crippen molar-refractivity contribution in [3.63, 3.8) is 0 Å². The molecule has 0 atom stereocenters. The second-order valence-corrected chi connectivity index (χ2v) is 7.48. The number of ether oxygens (including phenoxy) is 1. The van der Waals surface area contributed by atoms with Crippen molar-refractivity contribution in [3.05, 3.63) is 58.1 Å². The Morgan fingerprint density at radius 2 is 2.11 bits per heavy atom. The molecule has 6 nitrogen and oxygen atoms in total. The maximum Gasteiger partial charge on any atom is 0.325 e. The lowest BCUT2D eigenvalue weighted by Crippen LogP contribution is -2.22. The average Bonchev–Trinajstić information content (AvgIpc) is 3.26. The van der Waals surface area contributed by atoms with E-state index in [2.05, 4.69) is 14.7 Å². The van der Waals surface area contributed by atoms with E-state index in [1.165, 1.54) is 29.1 Å². The first-order valence-corrected chi connectivity index (χ1v) is 9.53. The fraction of sp³-hybridized carbons (Fsp3) is 0.111. The highest BCUT2D eigenvalue weighted by Crippen LogP contribution is 2.22. The number of methoxy groups -OCH3 is 1. The van der Waals surface area contributed by atoms with Gasteiger partial charge < -0.3 is 9.30 Å². The molecule has 4 aromatic rings. The van der Waals surface area contributed by atoms with Gasteiger partial charge in [0.15, 0.2) is 4.80 Å². The number of amides is 1. The quantitative estimate of drug-likeness (QED) is 0.494. The molecule has 9 heteroatoms. The largest absolute Gasteiger partial charge is 0.468 e. The monoisotopic (exact) mass is 401 g/mol. The molecule has 2 heterocycles. The molecular formula is C18H12FN3O3S2. The highest BCUT2D eigenvalue weighted by atomic mass is 32.1. The molecule has 4 rings (SSSR count). The normalized spacial score (nSPS) is 12.0. The van der Waals surface area contributed by atoms with Gasteiger partial charge in [0.1, 0.15) is 12.4 Å². The van der Waals surface area contributed by atoms with Crippen LogP contribution >= 0.6 is 22.7 Å². The lowest BCUT2D eigenvalue weighted by Gasteiger charge is -2.04. The lowest BCUT2D eigenvalue weighted by atomic mass is 10.2. The molecule has 0 saturated carbocycles. The van der Waals surface area contributed by atoms with Gasteiger partial charge in [0.05, 0.1) is 33.1 Å². The zero-order valence-corrected chi connectivity index (χ0v) is 15.6. The smallest absolute Gasteiger partial charge is 0.325 e. The maximum atomic E-state index is 14.3. The van der Waals surface area contributed by atoms with Gasteiger partial charge in [0, 0.05) is 5.56 Å². The van der Waals surface area contributed by atoms with Crippen LogP contribution in [0.25, 0.3) is 20.4 Å². The van der Waals surface area contributed by atoms with Crippen LogP contribution in [0.3, 0.4) is 0 Å². The topological polar surface area (TPSA) is 73.6 Å². The fourth-order valence-corrected chi connectivity index (χ4v) is 4.41. The van der Waals surface area contributed by atoms with Crippen LogP contribution < -0.4 is 4.80 Å². The third-order valence-corrected chi connectivity index (χ3v) is 5.78. The molecule has 0 fully saturated rings. The number of benzene rings is 2. The SMILES string of the molecule is COC(=O)Cn1c(=NC(=O)c2ccc3ncsc3c2)sc2cccc(F)c21. The summed E-state index contributed by atoms with van der Waals surface area (Å²) in [4.78, 5) is 33.0. The molecule has 0 saturated heterocycles. The van der Waals surface area contributed by atoms with Gasteiger partial charge in [0.25, 0.3) is 5.91 Å². The van der Waals surface area contributed by atoms with E-state index in [1.54, 1.807) is 35.8 Å². The zero-order chi connectivity index (χ0) is 19.0. The maximum absolute atomic E-state index is 14.3. The lowest BCUT2D eigenvalue weighted by molar-refractivity contribution is -0.141. The van der Waals surface area contributed by atoms with Crippen LogP contribution in [0.2, 0.25) is 0 Å². The first-order valence-electron chi connectivity index (χ1n) is 7.84. The van der Waals surface area contributed by atoms with Crippen molar-refractivity contribution in [1.29, 1.82) is 0 Å². The van der Waals surface area contributed by atoms with E-state index in [0.717, 1.165) is 21.6 Å². The van der Waals surface area contributed by atoms with E-state index in [0.29, 0.717) is 10.3 Å². The summed E-state index contributed by atoms with van der Waals surface area (Å²) in [6, 6.07) is 9.70. The third kappa shape index (κ3) is 3.26. The number of para-hydroxylation sites is 1. The molecule has 0 N–H and O–H groups in total. The molecule has 0 aliphatic heterocycles. The van der Waals surface area contributed by atoms with E-state index >= 15 is 0 Å². The Bertz CT molecular complexity index is 1260. The molecule has 136 valence electrons. The standard InChI is InChI=1S/C18H12FN3O3S2/c1-25-15(23)8-22-16-11(19)3-2-4-13(16)27-18(22)21-17(24)10-5-6-12-14(7-10)26-9-20-12/h2-7,9H,8H2,1H3. The first-order chi connectivity index (χ1) is 13.1. The molecule has 2 aromatic carbocycles. The Balaban J connectivity index is 1.86. The number of esters is 1. The number of carbonyl (C=O) groups is 2. The second-order valence-electron chi connectivity index (χ2n) is 5.59. The number of carbonyl (C=O) groups excluding carboxylic acids is 2. The van der Waals surface area contributed by atoms with E-state index in [9.17, 15) is 14.0 Å².